The van der Waals surface area contributed by atoms with Crippen molar-refractivity contribution >= 4 is 34.0 Å². The predicted molar refractivity (Wildman–Crippen MR) is 126 cm³/mol. The van der Waals surface area contributed by atoms with Crippen molar-refractivity contribution in [3.8, 4) is 11.3 Å². The quantitative estimate of drug-likeness (QED) is 0.533. The van der Waals surface area contributed by atoms with E-state index in [4.69, 9.17) is 0 Å². The zero-order valence-electron chi connectivity index (χ0n) is 18.2. The summed E-state index contributed by atoms with van der Waals surface area (Å²) in [7, 11) is 1.83. The molecular weight excluding hydrogens is 426 g/mol. The van der Waals surface area contributed by atoms with Crippen LogP contribution in [0.3, 0.4) is 0 Å². The Morgan fingerprint density at radius 3 is 2.75 bits per heavy atom. The molecule has 0 atom stereocenters. The Bertz CT molecular complexity index is 1110. The van der Waals surface area contributed by atoms with Gasteiger partial charge in [-0.1, -0.05) is 12.1 Å². The number of aromatic nitrogens is 2. The van der Waals surface area contributed by atoms with E-state index < -0.39 is 5.60 Å². The van der Waals surface area contributed by atoms with Gasteiger partial charge in [0.15, 0.2) is 5.13 Å². The van der Waals surface area contributed by atoms with E-state index in [9.17, 15) is 14.7 Å². The lowest BCUT2D eigenvalue weighted by atomic mass is 9.93. The van der Waals surface area contributed by atoms with Crippen LogP contribution in [-0.4, -0.2) is 51.7 Å². The zero-order chi connectivity index (χ0) is 22.7. The van der Waals surface area contributed by atoms with E-state index in [1.807, 2.05) is 31.5 Å². The summed E-state index contributed by atoms with van der Waals surface area (Å²) in [4.78, 5) is 31.1. The van der Waals surface area contributed by atoms with Gasteiger partial charge >= 0.3 is 0 Å². The minimum Gasteiger partial charge on any atom is -0.390 e. The highest BCUT2D eigenvalue weighted by atomic mass is 32.1. The minimum absolute atomic E-state index is 0.128. The van der Waals surface area contributed by atoms with Crippen LogP contribution in [-0.2, 0) is 11.8 Å². The first kappa shape index (κ1) is 22.0. The van der Waals surface area contributed by atoms with Crippen molar-refractivity contribution in [3.63, 3.8) is 0 Å². The van der Waals surface area contributed by atoms with Gasteiger partial charge in [0.1, 0.15) is 0 Å². The molecule has 1 aromatic carbocycles. The van der Waals surface area contributed by atoms with Gasteiger partial charge in [-0.3, -0.25) is 9.59 Å². The van der Waals surface area contributed by atoms with Gasteiger partial charge in [0.05, 0.1) is 23.4 Å². The summed E-state index contributed by atoms with van der Waals surface area (Å²) in [5, 5.41) is 17.9. The first-order valence-electron chi connectivity index (χ1n) is 10.5. The number of thiazole rings is 1. The highest BCUT2D eigenvalue weighted by molar-refractivity contribution is 7.14. The monoisotopic (exact) mass is 453 g/mol. The SMILES string of the molecule is Cn1ccc(C(=O)NCC(=O)Nc2nc(-c3cccc(N4CCC(C)(O)CC4)c3)cs2)c1. The third kappa shape index (κ3) is 5.35. The molecule has 168 valence electrons. The van der Waals surface area contributed by atoms with Crippen molar-refractivity contribution in [1.29, 1.82) is 0 Å². The van der Waals surface area contributed by atoms with E-state index >= 15 is 0 Å². The number of benzene rings is 1. The lowest BCUT2D eigenvalue weighted by Gasteiger charge is -2.37. The molecule has 3 aromatic rings. The number of aliphatic hydroxyl groups is 1. The van der Waals surface area contributed by atoms with Gasteiger partial charge in [-0.05, 0) is 38.0 Å². The molecule has 32 heavy (non-hydrogen) atoms. The summed E-state index contributed by atoms with van der Waals surface area (Å²) in [5.74, 6) is -0.624. The average molecular weight is 454 g/mol. The van der Waals surface area contributed by atoms with E-state index in [1.165, 1.54) is 11.3 Å². The normalized spacial score (nSPS) is 15.4. The molecule has 1 aliphatic rings. The molecule has 4 rings (SSSR count). The van der Waals surface area contributed by atoms with E-state index in [2.05, 4.69) is 32.7 Å². The standard InChI is InChI=1S/C23H27N5O3S/c1-23(31)7-10-28(11-8-23)18-5-3-4-16(12-18)19-15-32-22(25-19)26-20(29)13-24-21(30)17-6-9-27(2)14-17/h3-6,9,12,14-15,31H,7-8,10-11,13H2,1-2H3,(H,24,30)(H,25,26,29). The van der Waals surface area contributed by atoms with Crippen LogP contribution in [0.5, 0.6) is 0 Å². The number of aryl methyl sites for hydroxylation is 1. The molecular formula is C23H27N5O3S. The van der Waals surface area contributed by atoms with E-state index in [-0.39, 0.29) is 18.4 Å². The number of rotatable bonds is 6. The second kappa shape index (κ2) is 9.13. The van der Waals surface area contributed by atoms with Crippen molar-refractivity contribution < 1.29 is 14.7 Å². The average Bonchev–Trinajstić information content (AvgIpc) is 3.41. The third-order valence-electron chi connectivity index (χ3n) is 5.60. The molecule has 9 heteroatoms. The summed E-state index contributed by atoms with van der Waals surface area (Å²) >= 11 is 1.34. The Labute approximate surface area is 190 Å². The van der Waals surface area contributed by atoms with E-state index in [1.54, 1.807) is 23.0 Å². The van der Waals surface area contributed by atoms with Gasteiger partial charge in [-0.15, -0.1) is 11.3 Å². The molecule has 1 fully saturated rings. The van der Waals surface area contributed by atoms with Crippen molar-refractivity contribution in [2.45, 2.75) is 25.4 Å². The number of anilines is 2. The number of piperidine rings is 1. The summed E-state index contributed by atoms with van der Waals surface area (Å²) in [6.45, 7) is 3.38. The van der Waals surface area contributed by atoms with Gasteiger partial charge in [0.25, 0.3) is 5.91 Å². The number of hydrogen-bond acceptors (Lipinski definition) is 6. The molecule has 1 aliphatic heterocycles. The summed E-state index contributed by atoms with van der Waals surface area (Å²) in [6, 6.07) is 9.83. The molecule has 3 heterocycles. The largest absolute Gasteiger partial charge is 0.390 e. The second-order valence-electron chi connectivity index (χ2n) is 8.37. The molecule has 1 saturated heterocycles. The molecule has 3 N–H and O–H groups in total. The van der Waals surface area contributed by atoms with Gasteiger partial charge in [0.2, 0.25) is 5.91 Å². The third-order valence-corrected chi connectivity index (χ3v) is 6.36. The molecule has 0 radical (unpaired) electrons. The molecule has 0 spiro atoms. The van der Waals surface area contributed by atoms with E-state index in [0.29, 0.717) is 10.7 Å². The molecule has 0 bridgehead atoms. The Hall–Kier alpha value is -3.17. The van der Waals surface area contributed by atoms with Gasteiger partial charge in [-0.2, -0.15) is 0 Å². The number of carbonyl (C=O) groups excluding carboxylic acids is 2. The van der Waals surface area contributed by atoms with Crippen molar-refractivity contribution in [2.75, 3.05) is 29.9 Å². The maximum Gasteiger partial charge on any atom is 0.253 e. The van der Waals surface area contributed by atoms with Crippen LogP contribution < -0.4 is 15.5 Å². The second-order valence-corrected chi connectivity index (χ2v) is 9.23. The fraction of sp³-hybridized carbons (Fsp3) is 0.348. The first-order chi connectivity index (χ1) is 15.3. The maximum atomic E-state index is 12.2. The van der Waals surface area contributed by atoms with Crippen LogP contribution in [0.15, 0.2) is 48.1 Å². The van der Waals surface area contributed by atoms with Crippen LogP contribution >= 0.6 is 11.3 Å². The van der Waals surface area contributed by atoms with Crippen LogP contribution in [0.25, 0.3) is 11.3 Å². The summed E-state index contributed by atoms with van der Waals surface area (Å²) < 4.78 is 1.77. The number of amides is 2. The van der Waals surface area contributed by atoms with Crippen molar-refractivity contribution in [3.05, 3.63) is 53.7 Å². The van der Waals surface area contributed by atoms with Crippen LogP contribution in [0.1, 0.15) is 30.1 Å². The minimum atomic E-state index is -0.587. The summed E-state index contributed by atoms with van der Waals surface area (Å²) in [6.07, 6.45) is 4.95. The predicted octanol–water partition coefficient (Wildman–Crippen LogP) is 2.87. The van der Waals surface area contributed by atoms with E-state index in [0.717, 1.165) is 42.9 Å². The number of carbonyl (C=O) groups is 2. The Morgan fingerprint density at radius 1 is 1.25 bits per heavy atom. The molecule has 0 aliphatic carbocycles. The van der Waals surface area contributed by atoms with Gasteiger partial charge in [0, 0.05) is 49.2 Å². The molecule has 2 amide bonds. The van der Waals surface area contributed by atoms with Crippen LogP contribution in [0.2, 0.25) is 0 Å². The lowest BCUT2D eigenvalue weighted by molar-refractivity contribution is -0.115. The van der Waals surface area contributed by atoms with Gasteiger partial charge in [-0.25, -0.2) is 4.98 Å². The van der Waals surface area contributed by atoms with Gasteiger partial charge < -0.3 is 25.2 Å². The molecule has 0 saturated carbocycles. The fourth-order valence-corrected chi connectivity index (χ4v) is 4.37. The smallest absolute Gasteiger partial charge is 0.253 e. The molecule has 0 unspecified atom stereocenters. The lowest BCUT2D eigenvalue weighted by Crippen LogP contribution is -2.42. The maximum absolute atomic E-state index is 12.2. The van der Waals surface area contributed by atoms with Crippen molar-refractivity contribution in [2.24, 2.45) is 7.05 Å². The summed E-state index contributed by atoms with van der Waals surface area (Å²) in [5.41, 5.74) is 2.77. The number of nitrogens with zero attached hydrogens (tertiary/aromatic N) is 3. The Morgan fingerprint density at radius 2 is 2.03 bits per heavy atom. The highest BCUT2D eigenvalue weighted by Crippen LogP contribution is 2.30. The van der Waals surface area contributed by atoms with Crippen LogP contribution in [0.4, 0.5) is 10.8 Å². The zero-order valence-corrected chi connectivity index (χ0v) is 19.0. The Balaban J connectivity index is 1.34. The van der Waals surface area contributed by atoms with Crippen LogP contribution in [0, 0.1) is 0 Å². The fourth-order valence-electron chi connectivity index (χ4n) is 3.64. The number of nitrogens with one attached hydrogen (secondary N) is 2. The molecule has 2 aromatic heterocycles. The highest BCUT2D eigenvalue weighted by Gasteiger charge is 2.27. The van der Waals surface area contributed by atoms with Crippen molar-refractivity contribution in [1.82, 2.24) is 14.9 Å². The Kier molecular flexibility index (Phi) is 6.29. The topological polar surface area (TPSA) is 99.5 Å². The number of hydrogen-bond donors (Lipinski definition) is 3. The first-order valence-corrected chi connectivity index (χ1v) is 11.4. The molecule has 8 nitrogen and oxygen atoms in total.